The first kappa shape index (κ1) is 19.7. The number of nitrogens with zero attached hydrogens (tertiary/aromatic N) is 4. The van der Waals surface area contributed by atoms with Gasteiger partial charge in [-0.3, -0.25) is 19.2 Å². The number of carbonyl (C=O) groups excluding carboxylic acids is 1. The van der Waals surface area contributed by atoms with Crippen LogP contribution in [0.5, 0.6) is 0 Å². The van der Waals surface area contributed by atoms with Crippen LogP contribution in [0.2, 0.25) is 0 Å². The van der Waals surface area contributed by atoms with Crippen LogP contribution in [0.25, 0.3) is 11.0 Å². The van der Waals surface area contributed by atoms with E-state index in [-0.39, 0.29) is 11.9 Å². The van der Waals surface area contributed by atoms with E-state index in [0.29, 0.717) is 43.0 Å². The van der Waals surface area contributed by atoms with Gasteiger partial charge in [-0.1, -0.05) is 19.1 Å². The summed E-state index contributed by atoms with van der Waals surface area (Å²) >= 11 is 0. The Morgan fingerprint density at radius 1 is 1.22 bits per heavy atom. The predicted molar refractivity (Wildman–Crippen MR) is 101 cm³/mol. The maximum atomic E-state index is 13.7. The Hall–Kier alpha value is -2.06. The smallest absolute Gasteiger partial charge is 0.320 e. The van der Waals surface area contributed by atoms with Crippen LogP contribution in [-0.4, -0.2) is 64.5 Å². The number of alkyl halides is 2. The van der Waals surface area contributed by atoms with Crippen molar-refractivity contribution in [2.45, 2.75) is 32.9 Å². The third-order valence-electron chi connectivity index (χ3n) is 5.09. The number of amides is 1. The van der Waals surface area contributed by atoms with E-state index in [0.717, 1.165) is 24.1 Å². The summed E-state index contributed by atoms with van der Waals surface area (Å²) in [5.41, 5.74) is 1.05. The Morgan fingerprint density at radius 3 is 2.59 bits per heavy atom. The molecular formula is C19H27F2N5O. The zero-order valence-electron chi connectivity index (χ0n) is 15.9. The number of hydrogen-bond acceptors (Lipinski definition) is 4. The van der Waals surface area contributed by atoms with Crippen LogP contribution < -0.4 is 5.32 Å². The van der Waals surface area contributed by atoms with Gasteiger partial charge in [0.2, 0.25) is 5.91 Å². The van der Waals surface area contributed by atoms with E-state index in [1.807, 2.05) is 19.9 Å². The highest BCUT2D eigenvalue weighted by molar-refractivity contribution is 5.78. The van der Waals surface area contributed by atoms with Crippen molar-refractivity contribution in [1.29, 1.82) is 0 Å². The van der Waals surface area contributed by atoms with E-state index >= 15 is 0 Å². The van der Waals surface area contributed by atoms with Crippen molar-refractivity contribution in [3.8, 4) is 0 Å². The topological polar surface area (TPSA) is 53.4 Å². The summed E-state index contributed by atoms with van der Waals surface area (Å²) in [7, 11) is 0. The van der Waals surface area contributed by atoms with Gasteiger partial charge in [-0.2, -0.15) is 8.78 Å². The number of piperazine rings is 1. The number of benzene rings is 1. The SMILES string of the molecule is CCCNC(=O)CN1CCN(C(C)c2nc3ccccc3n2C(F)F)CC1. The number of nitrogens with one attached hydrogen (secondary N) is 1. The van der Waals surface area contributed by atoms with E-state index in [4.69, 9.17) is 0 Å². The second-order valence-corrected chi connectivity index (χ2v) is 6.94. The average molecular weight is 379 g/mol. The highest BCUT2D eigenvalue weighted by atomic mass is 19.3. The molecule has 3 rings (SSSR count). The number of fused-ring (bicyclic) bond motifs is 1. The first-order chi connectivity index (χ1) is 13.0. The van der Waals surface area contributed by atoms with Gasteiger partial charge >= 0.3 is 6.55 Å². The zero-order valence-corrected chi connectivity index (χ0v) is 15.9. The summed E-state index contributed by atoms with van der Waals surface area (Å²) in [6.07, 6.45) is 0.919. The maximum Gasteiger partial charge on any atom is 0.320 e. The molecule has 1 aliphatic heterocycles. The molecular weight excluding hydrogens is 352 g/mol. The predicted octanol–water partition coefficient (Wildman–Crippen LogP) is 2.64. The molecule has 2 aromatic rings. The molecule has 1 fully saturated rings. The molecule has 1 saturated heterocycles. The Bertz CT molecular complexity index is 771. The van der Waals surface area contributed by atoms with Crippen molar-refractivity contribution in [3.05, 3.63) is 30.1 Å². The fraction of sp³-hybridized carbons (Fsp3) is 0.579. The molecule has 0 radical (unpaired) electrons. The molecule has 27 heavy (non-hydrogen) atoms. The van der Waals surface area contributed by atoms with Crippen LogP contribution >= 0.6 is 0 Å². The number of imidazole rings is 1. The third kappa shape index (κ3) is 4.44. The Labute approximate surface area is 158 Å². The van der Waals surface area contributed by atoms with Gasteiger partial charge in [-0.05, 0) is 25.5 Å². The Morgan fingerprint density at radius 2 is 1.93 bits per heavy atom. The molecule has 0 saturated carbocycles. The second-order valence-electron chi connectivity index (χ2n) is 6.94. The van der Waals surface area contributed by atoms with Crippen LogP contribution in [0.15, 0.2) is 24.3 Å². The van der Waals surface area contributed by atoms with Gasteiger partial charge in [0.25, 0.3) is 0 Å². The Balaban J connectivity index is 1.66. The fourth-order valence-corrected chi connectivity index (χ4v) is 3.56. The fourth-order valence-electron chi connectivity index (χ4n) is 3.56. The number of aromatic nitrogens is 2. The molecule has 1 aliphatic rings. The van der Waals surface area contributed by atoms with Crippen molar-refractivity contribution in [3.63, 3.8) is 0 Å². The number of hydrogen-bond donors (Lipinski definition) is 1. The highest BCUT2D eigenvalue weighted by Crippen LogP contribution is 2.29. The molecule has 1 N–H and O–H groups in total. The molecule has 0 bridgehead atoms. The van der Waals surface area contributed by atoms with Crippen molar-refractivity contribution >= 4 is 16.9 Å². The van der Waals surface area contributed by atoms with Gasteiger partial charge < -0.3 is 5.32 Å². The van der Waals surface area contributed by atoms with Crippen molar-refractivity contribution in [2.75, 3.05) is 39.3 Å². The summed E-state index contributed by atoms with van der Waals surface area (Å²) in [5, 5.41) is 2.88. The van der Waals surface area contributed by atoms with Crippen molar-refractivity contribution in [2.24, 2.45) is 0 Å². The summed E-state index contributed by atoms with van der Waals surface area (Å²) in [4.78, 5) is 20.6. The summed E-state index contributed by atoms with van der Waals surface area (Å²) < 4.78 is 28.4. The van der Waals surface area contributed by atoms with Gasteiger partial charge in [-0.15, -0.1) is 0 Å². The molecule has 1 unspecified atom stereocenters. The number of halogens is 2. The third-order valence-corrected chi connectivity index (χ3v) is 5.09. The van der Waals surface area contributed by atoms with E-state index in [1.54, 1.807) is 18.2 Å². The lowest BCUT2D eigenvalue weighted by Crippen LogP contribution is -2.50. The van der Waals surface area contributed by atoms with Gasteiger partial charge in [0.15, 0.2) is 0 Å². The molecule has 2 heterocycles. The van der Waals surface area contributed by atoms with E-state index < -0.39 is 6.55 Å². The lowest BCUT2D eigenvalue weighted by atomic mass is 10.2. The molecule has 0 spiro atoms. The van der Waals surface area contributed by atoms with Gasteiger partial charge in [-0.25, -0.2) is 4.98 Å². The minimum atomic E-state index is -2.63. The van der Waals surface area contributed by atoms with Crippen LogP contribution in [-0.2, 0) is 4.79 Å². The largest absolute Gasteiger partial charge is 0.355 e. The molecule has 1 atom stereocenters. The summed E-state index contributed by atoms with van der Waals surface area (Å²) in [6, 6.07) is 6.78. The highest BCUT2D eigenvalue weighted by Gasteiger charge is 2.28. The second kappa shape index (κ2) is 8.75. The van der Waals surface area contributed by atoms with Crippen LogP contribution in [0.1, 0.15) is 38.7 Å². The minimum absolute atomic E-state index is 0.0397. The van der Waals surface area contributed by atoms with Crippen LogP contribution in [0.3, 0.4) is 0 Å². The molecule has 1 aromatic heterocycles. The molecule has 1 aromatic carbocycles. The minimum Gasteiger partial charge on any atom is -0.355 e. The monoisotopic (exact) mass is 379 g/mol. The average Bonchev–Trinajstić information content (AvgIpc) is 3.06. The number of carbonyl (C=O) groups is 1. The van der Waals surface area contributed by atoms with E-state index in [2.05, 4.69) is 20.1 Å². The van der Waals surface area contributed by atoms with Crippen LogP contribution in [0.4, 0.5) is 8.78 Å². The summed E-state index contributed by atoms with van der Waals surface area (Å²) in [6.45, 7) is 5.30. The van der Waals surface area contributed by atoms with E-state index in [9.17, 15) is 13.6 Å². The number of rotatable bonds is 7. The quantitative estimate of drug-likeness (QED) is 0.804. The van der Waals surface area contributed by atoms with Crippen molar-refractivity contribution < 1.29 is 13.6 Å². The molecule has 8 heteroatoms. The molecule has 6 nitrogen and oxygen atoms in total. The Kier molecular flexibility index (Phi) is 6.38. The lowest BCUT2D eigenvalue weighted by Gasteiger charge is -2.37. The van der Waals surface area contributed by atoms with Gasteiger partial charge in [0.1, 0.15) is 5.82 Å². The standard InChI is InChI=1S/C19H27F2N5O/c1-3-8-22-17(27)13-24-9-11-25(12-10-24)14(2)18-23-15-6-4-5-7-16(15)26(18)19(20)21/h4-7,14,19H,3,8-13H2,1-2H3,(H,22,27). The van der Waals surface area contributed by atoms with Gasteiger partial charge in [0.05, 0.1) is 23.6 Å². The number of para-hydroxylation sites is 2. The van der Waals surface area contributed by atoms with Crippen molar-refractivity contribution in [1.82, 2.24) is 24.7 Å². The summed E-state index contributed by atoms with van der Waals surface area (Å²) in [5.74, 6) is 0.429. The maximum absolute atomic E-state index is 13.7. The first-order valence-corrected chi connectivity index (χ1v) is 9.49. The molecule has 1 amide bonds. The van der Waals surface area contributed by atoms with Gasteiger partial charge in [0, 0.05) is 32.7 Å². The first-order valence-electron chi connectivity index (χ1n) is 9.49. The van der Waals surface area contributed by atoms with Crippen LogP contribution in [0, 0.1) is 0 Å². The van der Waals surface area contributed by atoms with E-state index in [1.165, 1.54) is 0 Å². The molecule has 0 aliphatic carbocycles. The normalized spacial score (nSPS) is 17.5. The lowest BCUT2D eigenvalue weighted by molar-refractivity contribution is -0.122. The molecule has 148 valence electrons. The zero-order chi connectivity index (χ0) is 19.4.